The van der Waals surface area contributed by atoms with Crippen molar-refractivity contribution in [2.75, 3.05) is 21.8 Å². The molecule has 144 valence electrons. The summed E-state index contributed by atoms with van der Waals surface area (Å²) in [6, 6.07) is 10.5. The van der Waals surface area contributed by atoms with Crippen LogP contribution in [0.15, 0.2) is 41.3 Å². The third-order valence-corrected chi connectivity index (χ3v) is 7.56. The minimum absolute atomic E-state index is 0.303. The summed E-state index contributed by atoms with van der Waals surface area (Å²) in [5, 5.41) is 0. The van der Waals surface area contributed by atoms with Crippen molar-refractivity contribution >= 4 is 31.4 Å². The standard InChI is InChI=1S/C19H22N2O4S2/c1-26(22,23)20-18-8-3-9-19-17(18)7-4-12-21(19)27(24,25)16-11-10-14-5-2-6-15(14)13-16/h3,8-11,13,20H,2,4-7,12H2,1H3. The van der Waals surface area contributed by atoms with Gasteiger partial charge < -0.3 is 0 Å². The molecule has 2 aromatic rings. The molecule has 4 rings (SSSR count). The molecule has 0 aromatic heterocycles. The van der Waals surface area contributed by atoms with Gasteiger partial charge in [-0.25, -0.2) is 16.8 Å². The highest BCUT2D eigenvalue weighted by Gasteiger charge is 2.31. The molecule has 2 aromatic carbocycles. The van der Waals surface area contributed by atoms with Gasteiger partial charge in [0.25, 0.3) is 10.0 Å². The van der Waals surface area contributed by atoms with E-state index in [1.54, 1.807) is 30.3 Å². The Morgan fingerprint density at radius 1 is 0.926 bits per heavy atom. The average Bonchev–Trinajstić information content (AvgIpc) is 3.08. The van der Waals surface area contributed by atoms with Gasteiger partial charge in [-0.15, -0.1) is 0 Å². The summed E-state index contributed by atoms with van der Waals surface area (Å²) in [4.78, 5) is 0.303. The molecule has 27 heavy (non-hydrogen) atoms. The van der Waals surface area contributed by atoms with Crippen molar-refractivity contribution in [3.05, 3.63) is 53.1 Å². The molecule has 1 aliphatic carbocycles. The zero-order valence-corrected chi connectivity index (χ0v) is 16.7. The van der Waals surface area contributed by atoms with Crippen LogP contribution in [-0.2, 0) is 39.3 Å². The fourth-order valence-corrected chi connectivity index (χ4v) is 6.15. The number of nitrogens with one attached hydrogen (secondary N) is 1. The summed E-state index contributed by atoms with van der Waals surface area (Å²) in [5.41, 5.74) is 4.06. The lowest BCUT2D eigenvalue weighted by molar-refractivity contribution is 0.586. The van der Waals surface area contributed by atoms with Crippen LogP contribution in [0.5, 0.6) is 0 Å². The minimum atomic E-state index is -3.70. The van der Waals surface area contributed by atoms with Crippen molar-refractivity contribution < 1.29 is 16.8 Å². The molecule has 2 aliphatic rings. The molecule has 1 heterocycles. The molecule has 0 radical (unpaired) electrons. The van der Waals surface area contributed by atoms with Crippen LogP contribution >= 0.6 is 0 Å². The first-order valence-corrected chi connectivity index (χ1v) is 12.3. The van der Waals surface area contributed by atoms with E-state index >= 15 is 0 Å². The van der Waals surface area contributed by atoms with Crippen LogP contribution in [0.25, 0.3) is 0 Å². The van der Waals surface area contributed by atoms with E-state index in [0.717, 1.165) is 36.6 Å². The Kier molecular flexibility index (Phi) is 4.43. The second-order valence-electron chi connectivity index (χ2n) is 7.14. The van der Waals surface area contributed by atoms with Crippen LogP contribution in [0.1, 0.15) is 29.5 Å². The summed E-state index contributed by atoms with van der Waals surface area (Å²) in [5.74, 6) is 0. The second kappa shape index (κ2) is 6.53. The van der Waals surface area contributed by atoms with E-state index in [1.165, 1.54) is 9.87 Å². The molecule has 0 atom stereocenters. The van der Waals surface area contributed by atoms with Gasteiger partial charge in [0, 0.05) is 12.1 Å². The van der Waals surface area contributed by atoms with Crippen LogP contribution in [0.2, 0.25) is 0 Å². The van der Waals surface area contributed by atoms with E-state index in [9.17, 15) is 16.8 Å². The van der Waals surface area contributed by atoms with Crippen molar-refractivity contribution in [1.82, 2.24) is 0 Å². The number of hydrogen-bond donors (Lipinski definition) is 1. The number of aryl methyl sites for hydroxylation is 2. The minimum Gasteiger partial charge on any atom is -0.283 e. The second-order valence-corrected chi connectivity index (χ2v) is 10.8. The Hall–Kier alpha value is -2.06. The summed E-state index contributed by atoms with van der Waals surface area (Å²) < 4.78 is 53.9. The van der Waals surface area contributed by atoms with Crippen LogP contribution in [0, 0.1) is 0 Å². The van der Waals surface area contributed by atoms with Gasteiger partial charge >= 0.3 is 0 Å². The van der Waals surface area contributed by atoms with Gasteiger partial charge in [-0.2, -0.15) is 0 Å². The predicted octanol–water partition coefficient (Wildman–Crippen LogP) is 2.69. The molecule has 0 unspecified atom stereocenters. The fourth-order valence-electron chi connectivity index (χ4n) is 3.97. The highest BCUT2D eigenvalue weighted by atomic mass is 32.2. The van der Waals surface area contributed by atoms with Crippen molar-refractivity contribution in [1.29, 1.82) is 0 Å². The number of benzene rings is 2. The third-order valence-electron chi connectivity index (χ3n) is 5.16. The molecule has 0 amide bonds. The number of fused-ring (bicyclic) bond motifs is 2. The van der Waals surface area contributed by atoms with Gasteiger partial charge in [0.1, 0.15) is 0 Å². The zero-order chi connectivity index (χ0) is 19.2. The van der Waals surface area contributed by atoms with Crippen molar-refractivity contribution in [2.24, 2.45) is 0 Å². The van der Waals surface area contributed by atoms with Crippen molar-refractivity contribution in [3.63, 3.8) is 0 Å². The van der Waals surface area contributed by atoms with E-state index < -0.39 is 20.0 Å². The van der Waals surface area contributed by atoms with E-state index in [1.807, 2.05) is 6.07 Å². The first kappa shape index (κ1) is 18.3. The predicted molar refractivity (Wildman–Crippen MR) is 106 cm³/mol. The monoisotopic (exact) mass is 406 g/mol. The Labute approximate surface area is 160 Å². The SMILES string of the molecule is CS(=O)(=O)Nc1cccc2c1CCCN2S(=O)(=O)c1ccc2c(c1)CCC2. The lowest BCUT2D eigenvalue weighted by Gasteiger charge is -2.31. The molecular formula is C19H22N2O4S2. The highest BCUT2D eigenvalue weighted by molar-refractivity contribution is 7.93. The van der Waals surface area contributed by atoms with E-state index in [-0.39, 0.29) is 0 Å². The van der Waals surface area contributed by atoms with Crippen LogP contribution in [0.4, 0.5) is 11.4 Å². The molecule has 1 aliphatic heterocycles. The van der Waals surface area contributed by atoms with Crippen LogP contribution in [-0.4, -0.2) is 29.6 Å². The first-order valence-electron chi connectivity index (χ1n) is 9.00. The first-order chi connectivity index (χ1) is 12.8. The van der Waals surface area contributed by atoms with E-state index in [4.69, 9.17) is 0 Å². The average molecular weight is 407 g/mol. The highest BCUT2D eigenvalue weighted by Crippen LogP contribution is 2.37. The summed E-state index contributed by atoms with van der Waals surface area (Å²) in [6.45, 7) is 0.384. The fraction of sp³-hybridized carbons (Fsp3) is 0.368. The van der Waals surface area contributed by atoms with Gasteiger partial charge in [0.05, 0.1) is 22.5 Å². The van der Waals surface area contributed by atoms with Gasteiger partial charge in [0.15, 0.2) is 0 Å². The normalized spacial score (nSPS) is 16.7. The summed E-state index contributed by atoms with van der Waals surface area (Å²) in [7, 11) is -7.14. The quantitative estimate of drug-likeness (QED) is 0.846. The van der Waals surface area contributed by atoms with E-state index in [2.05, 4.69) is 4.72 Å². The smallest absolute Gasteiger partial charge is 0.264 e. The lowest BCUT2D eigenvalue weighted by atomic mass is 10.0. The van der Waals surface area contributed by atoms with Crippen LogP contribution < -0.4 is 9.03 Å². The number of nitrogens with zero attached hydrogens (tertiary/aromatic N) is 1. The maximum Gasteiger partial charge on any atom is 0.264 e. The summed E-state index contributed by atoms with van der Waals surface area (Å²) in [6.07, 6.45) is 5.34. The molecule has 0 spiro atoms. The summed E-state index contributed by atoms with van der Waals surface area (Å²) >= 11 is 0. The third kappa shape index (κ3) is 3.43. The molecule has 0 saturated carbocycles. The maximum atomic E-state index is 13.3. The molecular weight excluding hydrogens is 384 g/mol. The number of sulfonamides is 2. The molecule has 6 nitrogen and oxygen atoms in total. The Balaban J connectivity index is 1.77. The Morgan fingerprint density at radius 2 is 1.70 bits per heavy atom. The van der Waals surface area contributed by atoms with Gasteiger partial charge in [0.2, 0.25) is 10.0 Å². The zero-order valence-electron chi connectivity index (χ0n) is 15.1. The lowest BCUT2D eigenvalue weighted by Crippen LogP contribution is -2.36. The maximum absolute atomic E-state index is 13.3. The number of rotatable bonds is 4. The largest absolute Gasteiger partial charge is 0.283 e. The molecule has 0 bridgehead atoms. The topological polar surface area (TPSA) is 83.6 Å². The van der Waals surface area contributed by atoms with Crippen molar-refractivity contribution in [2.45, 2.75) is 37.0 Å². The van der Waals surface area contributed by atoms with E-state index in [0.29, 0.717) is 35.7 Å². The van der Waals surface area contributed by atoms with Crippen molar-refractivity contribution in [3.8, 4) is 0 Å². The molecule has 8 heteroatoms. The van der Waals surface area contributed by atoms with Gasteiger partial charge in [-0.1, -0.05) is 12.1 Å². The molecule has 0 saturated heterocycles. The van der Waals surface area contributed by atoms with Crippen LogP contribution in [0.3, 0.4) is 0 Å². The Morgan fingerprint density at radius 3 is 2.48 bits per heavy atom. The number of hydrogen-bond acceptors (Lipinski definition) is 4. The van der Waals surface area contributed by atoms with Gasteiger partial charge in [-0.3, -0.25) is 9.03 Å². The van der Waals surface area contributed by atoms with Gasteiger partial charge in [-0.05, 0) is 67.5 Å². The number of anilines is 2. The molecule has 0 fully saturated rings. The Bertz CT molecular complexity index is 1110. The molecule has 1 N–H and O–H groups in total.